The van der Waals surface area contributed by atoms with E-state index < -0.39 is 17.4 Å². The molecule has 7 nitrogen and oxygen atoms in total. The molecule has 1 aromatic heterocycles. The number of nitrogen functional groups attached to an aromatic ring is 1. The number of carbonyl (C=O) groups excluding carboxylic acids is 1. The second-order valence-corrected chi connectivity index (χ2v) is 8.26. The van der Waals surface area contributed by atoms with E-state index in [4.69, 9.17) is 19.9 Å². The number of fused-ring (bicyclic) bond motifs is 1. The zero-order chi connectivity index (χ0) is 23.9. The third-order valence-corrected chi connectivity index (χ3v) is 6.12. The first kappa shape index (κ1) is 22.4. The van der Waals surface area contributed by atoms with E-state index in [0.29, 0.717) is 46.8 Å². The van der Waals surface area contributed by atoms with Crippen LogP contribution >= 0.6 is 0 Å². The molecule has 3 aromatic rings. The lowest BCUT2D eigenvalue weighted by molar-refractivity contribution is -0.196. The largest absolute Gasteiger partial charge is 0.398 e. The number of methoxy groups -OCH3 is 1. The molecule has 0 radical (unpaired) electrons. The van der Waals surface area contributed by atoms with Crippen LogP contribution in [0, 0.1) is 11.6 Å². The second kappa shape index (κ2) is 8.75. The van der Waals surface area contributed by atoms with E-state index in [-0.39, 0.29) is 31.2 Å². The monoisotopic (exact) mass is 467 g/mol. The fourth-order valence-electron chi connectivity index (χ4n) is 4.45. The fourth-order valence-corrected chi connectivity index (χ4v) is 4.45. The predicted octanol–water partition coefficient (Wildman–Crippen LogP) is 3.61. The van der Waals surface area contributed by atoms with Crippen molar-refractivity contribution >= 4 is 11.6 Å². The quantitative estimate of drug-likeness (QED) is 0.558. The van der Waals surface area contributed by atoms with Crippen LogP contribution in [0.3, 0.4) is 0 Å². The van der Waals surface area contributed by atoms with Crippen LogP contribution in [0.15, 0.2) is 48.7 Å². The van der Waals surface area contributed by atoms with Crippen molar-refractivity contribution < 1.29 is 27.8 Å². The van der Waals surface area contributed by atoms with Gasteiger partial charge >= 0.3 is 0 Å². The first-order valence-corrected chi connectivity index (χ1v) is 10.8. The summed E-state index contributed by atoms with van der Waals surface area (Å²) in [6.07, 6.45) is 1.59. The summed E-state index contributed by atoms with van der Waals surface area (Å²) in [4.78, 5) is 18.1. The molecular formula is C25H23F2N3O4. The van der Waals surface area contributed by atoms with Gasteiger partial charge in [0.1, 0.15) is 18.2 Å². The highest BCUT2D eigenvalue weighted by Gasteiger charge is 2.40. The minimum atomic E-state index is -1.18. The molecule has 176 valence electrons. The van der Waals surface area contributed by atoms with Crippen LogP contribution in [-0.2, 0) is 33.1 Å². The highest BCUT2D eigenvalue weighted by molar-refractivity contribution is 5.97. The van der Waals surface area contributed by atoms with Crippen LogP contribution in [0.4, 0.5) is 14.5 Å². The fraction of sp³-hybridized carbons (Fsp3) is 0.280. The number of aromatic nitrogens is 1. The van der Waals surface area contributed by atoms with Gasteiger partial charge in [-0.2, -0.15) is 0 Å². The second-order valence-electron chi connectivity index (χ2n) is 8.26. The number of rotatable bonds is 6. The van der Waals surface area contributed by atoms with Gasteiger partial charge < -0.3 is 24.8 Å². The molecule has 5 rings (SSSR count). The van der Waals surface area contributed by atoms with Crippen molar-refractivity contribution in [1.29, 1.82) is 0 Å². The topological polar surface area (TPSA) is 86.9 Å². The van der Waals surface area contributed by atoms with Crippen LogP contribution in [0.25, 0.3) is 11.1 Å². The molecule has 0 atom stereocenters. The van der Waals surface area contributed by atoms with E-state index in [2.05, 4.69) is 4.98 Å². The molecule has 2 N–H and O–H groups in total. The number of amides is 1. The number of pyridine rings is 1. The van der Waals surface area contributed by atoms with Crippen LogP contribution in [0.2, 0.25) is 0 Å². The Morgan fingerprint density at radius 3 is 2.53 bits per heavy atom. The number of hydrogen-bond donors (Lipinski definition) is 1. The van der Waals surface area contributed by atoms with Crippen molar-refractivity contribution in [1.82, 2.24) is 9.88 Å². The van der Waals surface area contributed by atoms with Crippen molar-refractivity contribution in [3.05, 3.63) is 82.7 Å². The van der Waals surface area contributed by atoms with E-state index in [9.17, 15) is 4.79 Å². The van der Waals surface area contributed by atoms with Gasteiger partial charge in [0.2, 0.25) is 5.79 Å². The third-order valence-electron chi connectivity index (χ3n) is 6.12. The summed E-state index contributed by atoms with van der Waals surface area (Å²) < 4.78 is 47.1. The molecule has 1 amide bonds. The summed E-state index contributed by atoms with van der Waals surface area (Å²) in [7, 11) is 1.52. The van der Waals surface area contributed by atoms with Gasteiger partial charge in [-0.3, -0.25) is 9.78 Å². The minimum absolute atomic E-state index is 0.115. The van der Waals surface area contributed by atoms with Gasteiger partial charge in [0.05, 0.1) is 37.6 Å². The maximum Gasteiger partial charge on any atom is 0.256 e. The normalized spacial score (nSPS) is 16.8. The molecule has 2 aliphatic rings. The molecule has 0 saturated carbocycles. The van der Waals surface area contributed by atoms with Crippen molar-refractivity contribution in [3.8, 4) is 11.1 Å². The maximum atomic E-state index is 15.1. The Morgan fingerprint density at radius 2 is 1.85 bits per heavy atom. The highest BCUT2D eigenvalue weighted by Crippen LogP contribution is 2.38. The molecule has 3 heterocycles. The summed E-state index contributed by atoms with van der Waals surface area (Å²) in [5.41, 5.74) is 8.86. The van der Waals surface area contributed by atoms with Gasteiger partial charge in [0.25, 0.3) is 5.91 Å². The lowest BCUT2D eigenvalue weighted by atomic mass is 9.96. The zero-order valence-corrected chi connectivity index (χ0v) is 18.5. The molecule has 34 heavy (non-hydrogen) atoms. The van der Waals surface area contributed by atoms with Gasteiger partial charge in [-0.05, 0) is 47.5 Å². The Kier molecular flexibility index (Phi) is 5.76. The van der Waals surface area contributed by atoms with E-state index in [1.807, 2.05) is 0 Å². The molecule has 0 unspecified atom stereocenters. The number of halogens is 2. The van der Waals surface area contributed by atoms with Gasteiger partial charge in [-0.25, -0.2) is 8.78 Å². The summed E-state index contributed by atoms with van der Waals surface area (Å²) in [5.74, 6) is -2.96. The molecule has 2 aromatic carbocycles. The van der Waals surface area contributed by atoms with Crippen LogP contribution in [0.1, 0.15) is 27.2 Å². The summed E-state index contributed by atoms with van der Waals surface area (Å²) in [5, 5.41) is 0. The summed E-state index contributed by atoms with van der Waals surface area (Å²) in [6.45, 7) is 0.875. The average molecular weight is 467 g/mol. The smallest absolute Gasteiger partial charge is 0.256 e. The molecule has 1 fully saturated rings. The molecular weight excluding hydrogens is 444 g/mol. The first-order chi connectivity index (χ1) is 16.4. The number of hydrogen-bond acceptors (Lipinski definition) is 6. The average Bonchev–Trinajstić information content (AvgIpc) is 3.42. The van der Waals surface area contributed by atoms with E-state index in [0.717, 1.165) is 0 Å². The Labute approximate surface area is 195 Å². The Balaban J connectivity index is 1.45. The zero-order valence-electron chi connectivity index (χ0n) is 18.5. The first-order valence-electron chi connectivity index (χ1n) is 10.8. The lowest BCUT2D eigenvalue weighted by Gasteiger charge is -2.28. The van der Waals surface area contributed by atoms with Crippen LogP contribution < -0.4 is 5.73 Å². The Bertz CT molecular complexity index is 1240. The number of nitrogens with two attached hydrogens (primary N) is 1. The number of carbonyl (C=O) groups is 1. The van der Waals surface area contributed by atoms with E-state index in [1.165, 1.54) is 24.1 Å². The van der Waals surface area contributed by atoms with Crippen LogP contribution in [-0.4, -0.2) is 42.7 Å². The van der Waals surface area contributed by atoms with Crippen LogP contribution in [0.5, 0.6) is 0 Å². The summed E-state index contributed by atoms with van der Waals surface area (Å²) >= 11 is 0. The van der Waals surface area contributed by atoms with Gasteiger partial charge in [0, 0.05) is 30.1 Å². The number of anilines is 1. The van der Waals surface area contributed by atoms with Gasteiger partial charge in [-0.1, -0.05) is 6.07 Å². The molecule has 0 bridgehead atoms. The molecule has 2 aliphatic heterocycles. The Morgan fingerprint density at radius 1 is 1.12 bits per heavy atom. The number of nitrogens with zero attached hydrogens (tertiary/aromatic N) is 2. The number of ether oxygens (including phenoxy) is 3. The molecule has 9 heteroatoms. The standard InChI is InChI=1S/C25H23F2N3O4/c1-32-14-25(33-7-8-34-25)19-9-15(4-5-22(19)28)16-10-20(26)18(21(27)11-16)12-30-13-23-17(24(30)31)3-2-6-29-23/h2-6,9-11H,7-8,12-14,28H2,1H3. The van der Waals surface area contributed by atoms with Gasteiger partial charge in [-0.15, -0.1) is 0 Å². The van der Waals surface area contributed by atoms with Gasteiger partial charge in [0.15, 0.2) is 0 Å². The number of benzene rings is 2. The predicted molar refractivity (Wildman–Crippen MR) is 119 cm³/mol. The van der Waals surface area contributed by atoms with Crippen molar-refractivity contribution in [3.63, 3.8) is 0 Å². The maximum absolute atomic E-state index is 15.1. The lowest BCUT2D eigenvalue weighted by Crippen LogP contribution is -2.33. The SMILES string of the molecule is COCC1(c2cc(-c3cc(F)c(CN4Cc5ncccc5C4=O)c(F)c3)ccc2N)OCCO1. The molecule has 1 saturated heterocycles. The summed E-state index contributed by atoms with van der Waals surface area (Å²) in [6, 6.07) is 10.8. The molecule has 0 aliphatic carbocycles. The van der Waals surface area contributed by atoms with Crippen molar-refractivity contribution in [2.24, 2.45) is 0 Å². The highest BCUT2D eigenvalue weighted by atomic mass is 19.1. The van der Waals surface area contributed by atoms with E-state index >= 15 is 8.78 Å². The third kappa shape index (κ3) is 3.81. The minimum Gasteiger partial charge on any atom is -0.398 e. The molecule has 0 spiro atoms. The van der Waals surface area contributed by atoms with Crippen molar-refractivity contribution in [2.75, 3.05) is 32.7 Å². The van der Waals surface area contributed by atoms with E-state index in [1.54, 1.807) is 36.5 Å². The Hall–Kier alpha value is -3.40. The van der Waals surface area contributed by atoms with Crippen molar-refractivity contribution in [2.45, 2.75) is 18.9 Å².